The molecule has 2 amide bonds. The van der Waals surface area contributed by atoms with E-state index in [9.17, 15) is 14.7 Å². The number of hydrogen-bond acceptors (Lipinski definition) is 3. The van der Waals surface area contributed by atoms with Gasteiger partial charge in [0.1, 0.15) is 6.04 Å². The number of aliphatic hydroxyl groups is 1. The van der Waals surface area contributed by atoms with Crippen LogP contribution in [0.1, 0.15) is 39.0 Å². The molecule has 0 radical (unpaired) electrons. The summed E-state index contributed by atoms with van der Waals surface area (Å²) < 4.78 is 0. The summed E-state index contributed by atoms with van der Waals surface area (Å²) in [6.45, 7) is 2.54. The molecule has 0 heterocycles. The molecular formula is C13H24N2O4. The van der Waals surface area contributed by atoms with Gasteiger partial charge in [-0.25, -0.2) is 9.59 Å². The number of nitrogens with zero attached hydrogens (tertiary/aromatic N) is 1. The minimum absolute atomic E-state index is 0.238. The fourth-order valence-corrected chi connectivity index (χ4v) is 2.24. The van der Waals surface area contributed by atoms with Gasteiger partial charge in [0.15, 0.2) is 0 Å². The van der Waals surface area contributed by atoms with E-state index in [1.165, 1.54) is 4.90 Å². The number of urea groups is 1. The minimum atomic E-state index is -0.991. The van der Waals surface area contributed by atoms with Crippen LogP contribution >= 0.6 is 0 Å². The molecule has 0 aliphatic heterocycles. The molecule has 0 saturated heterocycles. The number of aliphatic carboxylic acids is 1. The molecule has 6 nitrogen and oxygen atoms in total. The van der Waals surface area contributed by atoms with Crippen LogP contribution in [0.2, 0.25) is 0 Å². The third-order valence-electron chi connectivity index (χ3n) is 3.53. The molecule has 0 aromatic heterocycles. The summed E-state index contributed by atoms with van der Waals surface area (Å²) in [6, 6.07) is -1.17. The van der Waals surface area contributed by atoms with Crippen molar-refractivity contribution in [2.24, 2.45) is 5.92 Å². The number of unbranched alkanes of at least 4 members (excludes halogenated alkanes) is 1. The number of carboxylic acids is 1. The third-order valence-corrected chi connectivity index (χ3v) is 3.53. The van der Waals surface area contributed by atoms with Crippen LogP contribution in [-0.2, 0) is 4.79 Å². The van der Waals surface area contributed by atoms with Gasteiger partial charge in [0.25, 0.3) is 0 Å². The Bertz CT molecular complexity index is 316. The number of carboxylic acid groups (broad SMARTS) is 1. The van der Waals surface area contributed by atoms with Crippen LogP contribution in [0, 0.1) is 5.92 Å². The Morgan fingerprint density at radius 1 is 1.42 bits per heavy atom. The van der Waals surface area contributed by atoms with Gasteiger partial charge in [0.05, 0.1) is 6.10 Å². The van der Waals surface area contributed by atoms with E-state index in [1.54, 1.807) is 7.05 Å². The quantitative estimate of drug-likeness (QED) is 0.646. The number of carbonyl (C=O) groups excluding carboxylic acids is 1. The Morgan fingerprint density at radius 2 is 2.05 bits per heavy atom. The number of hydrogen-bond donors (Lipinski definition) is 3. The SMILES string of the molecule is CCCC[C@H](NC(=O)N(C)CC1CC(O)C1)C(=O)O. The van der Waals surface area contributed by atoms with E-state index in [-0.39, 0.29) is 12.1 Å². The molecule has 1 fully saturated rings. The monoisotopic (exact) mass is 272 g/mol. The van der Waals surface area contributed by atoms with Crippen LogP contribution in [0.5, 0.6) is 0 Å². The number of amides is 2. The second-order valence-corrected chi connectivity index (χ2v) is 5.35. The van der Waals surface area contributed by atoms with Crippen molar-refractivity contribution in [1.82, 2.24) is 10.2 Å². The Labute approximate surface area is 113 Å². The highest BCUT2D eigenvalue weighted by atomic mass is 16.4. The van der Waals surface area contributed by atoms with Crippen LogP contribution in [0.25, 0.3) is 0 Å². The average Bonchev–Trinajstić information content (AvgIpc) is 2.31. The van der Waals surface area contributed by atoms with E-state index in [0.29, 0.717) is 18.9 Å². The molecule has 3 N–H and O–H groups in total. The molecule has 19 heavy (non-hydrogen) atoms. The molecule has 0 unspecified atom stereocenters. The summed E-state index contributed by atoms with van der Waals surface area (Å²) in [5.41, 5.74) is 0. The van der Waals surface area contributed by atoms with E-state index >= 15 is 0 Å². The first kappa shape index (κ1) is 15.8. The van der Waals surface area contributed by atoms with Crippen LogP contribution in [0.15, 0.2) is 0 Å². The molecule has 110 valence electrons. The van der Waals surface area contributed by atoms with Crippen molar-refractivity contribution in [2.45, 2.75) is 51.2 Å². The number of carbonyl (C=O) groups is 2. The van der Waals surface area contributed by atoms with Crippen LogP contribution in [-0.4, -0.2) is 52.9 Å². The molecule has 0 bridgehead atoms. The highest BCUT2D eigenvalue weighted by molar-refractivity contribution is 5.82. The second kappa shape index (κ2) is 7.33. The summed E-state index contributed by atoms with van der Waals surface area (Å²) >= 11 is 0. The van der Waals surface area contributed by atoms with Crippen LogP contribution in [0.4, 0.5) is 4.79 Å². The molecule has 0 spiro atoms. The molecule has 1 rings (SSSR count). The van der Waals surface area contributed by atoms with Gasteiger partial charge >= 0.3 is 12.0 Å². The Kier molecular flexibility index (Phi) is 6.08. The highest BCUT2D eigenvalue weighted by Gasteiger charge is 2.30. The van der Waals surface area contributed by atoms with Crippen molar-refractivity contribution in [3.05, 3.63) is 0 Å². The van der Waals surface area contributed by atoms with Crippen LogP contribution in [0.3, 0.4) is 0 Å². The van der Waals surface area contributed by atoms with E-state index in [1.807, 2.05) is 6.92 Å². The van der Waals surface area contributed by atoms with E-state index in [0.717, 1.165) is 25.7 Å². The lowest BCUT2D eigenvalue weighted by Gasteiger charge is -2.34. The largest absolute Gasteiger partial charge is 0.480 e. The molecule has 1 atom stereocenters. The summed E-state index contributed by atoms with van der Waals surface area (Å²) in [5, 5.41) is 20.8. The first-order valence-corrected chi connectivity index (χ1v) is 6.86. The van der Waals surface area contributed by atoms with E-state index in [4.69, 9.17) is 5.11 Å². The molecule has 0 aromatic rings. The standard InChI is InChI=1S/C13H24N2O4/c1-3-4-5-11(12(17)18)14-13(19)15(2)8-9-6-10(16)7-9/h9-11,16H,3-8H2,1-2H3,(H,14,19)(H,17,18)/t9?,10?,11-/m0/s1. The summed E-state index contributed by atoms with van der Waals surface area (Å²) in [5.74, 6) is -0.668. The van der Waals surface area contributed by atoms with Crippen molar-refractivity contribution in [3.8, 4) is 0 Å². The molecule has 1 saturated carbocycles. The van der Waals surface area contributed by atoms with Gasteiger partial charge in [0.2, 0.25) is 0 Å². The predicted octanol–water partition coefficient (Wildman–Crippen LogP) is 1.04. The van der Waals surface area contributed by atoms with Gasteiger partial charge in [-0.05, 0) is 25.2 Å². The maximum absolute atomic E-state index is 11.9. The van der Waals surface area contributed by atoms with Gasteiger partial charge < -0.3 is 20.4 Å². The number of rotatable bonds is 7. The molecule has 6 heteroatoms. The summed E-state index contributed by atoms with van der Waals surface area (Å²) in [4.78, 5) is 24.4. The normalized spacial score (nSPS) is 23.3. The zero-order chi connectivity index (χ0) is 14.4. The van der Waals surface area contributed by atoms with Crippen molar-refractivity contribution in [3.63, 3.8) is 0 Å². The summed E-state index contributed by atoms with van der Waals surface area (Å²) in [7, 11) is 1.65. The maximum atomic E-state index is 11.9. The lowest BCUT2D eigenvalue weighted by molar-refractivity contribution is -0.139. The van der Waals surface area contributed by atoms with Gasteiger partial charge in [-0.2, -0.15) is 0 Å². The Balaban J connectivity index is 2.35. The molecular weight excluding hydrogens is 248 g/mol. The summed E-state index contributed by atoms with van der Waals surface area (Å²) in [6.07, 6.45) is 3.32. The van der Waals surface area contributed by atoms with Crippen molar-refractivity contribution in [2.75, 3.05) is 13.6 Å². The Hall–Kier alpha value is -1.30. The smallest absolute Gasteiger partial charge is 0.326 e. The highest BCUT2D eigenvalue weighted by Crippen LogP contribution is 2.27. The Morgan fingerprint density at radius 3 is 2.53 bits per heavy atom. The zero-order valence-corrected chi connectivity index (χ0v) is 11.6. The van der Waals surface area contributed by atoms with Crippen molar-refractivity contribution >= 4 is 12.0 Å². The van der Waals surface area contributed by atoms with Crippen molar-refractivity contribution in [1.29, 1.82) is 0 Å². The fourth-order valence-electron chi connectivity index (χ4n) is 2.24. The van der Waals surface area contributed by atoms with E-state index < -0.39 is 12.0 Å². The average molecular weight is 272 g/mol. The topological polar surface area (TPSA) is 89.9 Å². The second-order valence-electron chi connectivity index (χ2n) is 5.35. The lowest BCUT2D eigenvalue weighted by atomic mass is 9.82. The van der Waals surface area contributed by atoms with Gasteiger partial charge in [-0.3, -0.25) is 0 Å². The van der Waals surface area contributed by atoms with Crippen molar-refractivity contribution < 1.29 is 19.8 Å². The number of aliphatic hydroxyl groups excluding tert-OH is 1. The third kappa shape index (κ3) is 5.06. The zero-order valence-electron chi connectivity index (χ0n) is 11.6. The predicted molar refractivity (Wildman–Crippen MR) is 70.8 cm³/mol. The molecule has 1 aliphatic rings. The number of nitrogens with one attached hydrogen (secondary N) is 1. The first-order valence-electron chi connectivity index (χ1n) is 6.86. The maximum Gasteiger partial charge on any atom is 0.326 e. The molecule has 0 aromatic carbocycles. The lowest BCUT2D eigenvalue weighted by Crippen LogP contribution is -2.49. The van der Waals surface area contributed by atoms with Gasteiger partial charge in [-0.15, -0.1) is 0 Å². The van der Waals surface area contributed by atoms with Gasteiger partial charge in [0, 0.05) is 13.6 Å². The van der Waals surface area contributed by atoms with E-state index in [2.05, 4.69) is 5.32 Å². The van der Waals surface area contributed by atoms with Crippen LogP contribution < -0.4 is 5.32 Å². The fraction of sp³-hybridized carbons (Fsp3) is 0.846. The molecule has 1 aliphatic carbocycles. The minimum Gasteiger partial charge on any atom is -0.480 e. The van der Waals surface area contributed by atoms with Gasteiger partial charge in [-0.1, -0.05) is 19.8 Å². The first-order chi connectivity index (χ1) is 8.93.